The van der Waals surface area contributed by atoms with Crippen LogP contribution in [0.2, 0.25) is 0 Å². The second kappa shape index (κ2) is 13.5. The molecule has 2 saturated heterocycles. The number of rotatable bonds is 5. The summed E-state index contributed by atoms with van der Waals surface area (Å²) in [5, 5.41) is 8.74. The number of hydrogen-bond donors (Lipinski definition) is 1. The highest BCUT2D eigenvalue weighted by atomic mass is 16.5. The third-order valence-corrected chi connectivity index (χ3v) is 9.21. The summed E-state index contributed by atoms with van der Waals surface area (Å²) in [5.74, 6) is 2.36. The zero-order valence-electron chi connectivity index (χ0n) is 25.2. The predicted octanol–water partition coefficient (Wildman–Crippen LogP) is 8.84. The van der Waals surface area contributed by atoms with E-state index >= 15 is 0 Å². The lowest BCUT2D eigenvalue weighted by Gasteiger charge is -2.32. The SMILES string of the molecule is COc1ccc2cc(C3CCN(Cc4ccccc4)CC3)ccc2c1.Cc1ccc2cc(C3CCNCC3)ccc2c1. The molecule has 2 fully saturated rings. The van der Waals surface area contributed by atoms with Gasteiger partial charge in [0.2, 0.25) is 0 Å². The molecule has 3 heteroatoms. The van der Waals surface area contributed by atoms with Gasteiger partial charge < -0.3 is 10.1 Å². The van der Waals surface area contributed by atoms with Gasteiger partial charge in [0.25, 0.3) is 0 Å². The van der Waals surface area contributed by atoms with Crippen LogP contribution in [0.25, 0.3) is 21.5 Å². The van der Waals surface area contributed by atoms with E-state index in [1.807, 2.05) is 0 Å². The summed E-state index contributed by atoms with van der Waals surface area (Å²) in [6, 6.07) is 37.7. The van der Waals surface area contributed by atoms with Gasteiger partial charge >= 0.3 is 0 Å². The molecule has 0 amide bonds. The fourth-order valence-electron chi connectivity index (χ4n) is 6.68. The van der Waals surface area contributed by atoms with E-state index in [1.54, 1.807) is 7.11 Å². The minimum atomic E-state index is 0.679. The highest BCUT2D eigenvalue weighted by Gasteiger charge is 2.21. The highest BCUT2D eigenvalue weighted by molar-refractivity contribution is 5.85. The topological polar surface area (TPSA) is 24.5 Å². The summed E-state index contributed by atoms with van der Waals surface area (Å²) in [6.45, 7) is 7.92. The van der Waals surface area contributed by atoms with Crippen LogP contribution in [0.5, 0.6) is 5.75 Å². The van der Waals surface area contributed by atoms with Crippen molar-refractivity contribution in [2.75, 3.05) is 33.3 Å². The lowest BCUT2D eigenvalue weighted by atomic mass is 9.88. The number of nitrogens with zero attached hydrogens (tertiary/aromatic N) is 1. The van der Waals surface area contributed by atoms with Gasteiger partial charge in [0, 0.05) is 6.54 Å². The van der Waals surface area contributed by atoms with Crippen LogP contribution in [0, 0.1) is 6.92 Å². The van der Waals surface area contributed by atoms with Crippen molar-refractivity contribution in [3.8, 4) is 5.75 Å². The summed E-state index contributed by atoms with van der Waals surface area (Å²) in [5.41, 5.74) is 5.76. The van der Waals surface area contributed by atoms with Gasteiger partial charge in [-0.15, -0.1) is 0 Å². The number of methoxy groups -OCH3 is 1. The first-order chi connectivity index (χ1) is 20.6. The van der Waals surface area contributed by atoms with Crippen LogP contribution in [0.3, 0.4) is 0 Å². The fourth-order valence-corrected chi connectivity index (χ4v) is 6.68. The van der Waals surface area contributed by atoms with E-state index in [1.165, 1.54) is 82.6 Å². The molecule has 216 valence electrons. The van der Waals surface area contributed by atoms with Gasteiger partial charge in [0.15, 0.2) is 0 Å². The first-order valence-corrected chi connectivity index (χ1v) is 15.7. The molecule has 2 heterocycles. The molecule has 0 aliphatic carbocycles. The Labute approximate surface area is 251 Å². The average molecular weight is 557 g/mol. The second-order valence-electron chi connectivity index (χ2n) is 12.1. The molecule has 0 unspecified atom stereocenters. The molecule has 2 aliphatic rings. The Morgan fingerprint density at radius 1 is 0.643 bits per heavy atom. The predicted molar refractivity (Wildman–Crippen MR) is 178 cm³/mol. The Morgan fingerprint density at radius 2 is 1.21 bits per heavy atom. The average Bonchev–Trinajstić information content (AvgIpc) is 3.05. The summed E-state index contributed by atoms with van der Waals surface area (Å²) < 4.78 is 5.32. The molecule has 0 radical (unpaired) electrons. The number of nitrogens with one attached hydrogen (secondary N) is 1. The van der Waals surface area contributed by atoms with Crippen molar-refractivity contribution in [1.82, 2.24) is 10.2 Å². The summed E-state index contributed by atoms with van der Waals surface area (Å²) in [7, 11) is 1.72. The standard InChI is InChI=1S/C23H25NO.C16H19N/c1-25-23-10-9-21-15-20(7-8-22(21)16-23)19-11-13-24(14-12-19)17-18-5-3-2-4-6-18;1-12-2-3-16-11-15(5-4-14(16)10-12)13-6-8-17-9-7-13/h2-10,15-16,19H,11-14,17H2,1H3;2-5,10-11,13,17H,6-9H2,1H3. The minimum absolute atomic E-state index is 0.679. The minimum Gasteiger partial charge on any atom is -0.497 e. The molecule has 0 spiro atoms. The largest absolute Gasteiger partial charge is 0.497 e. The van der Waals surface area contributed by atoms with E-state index in [0.717, 1.165) is 31.3 Å². The third kappa shape index (κ3) is 7.03. The summed E-state index contributed by atoms with van der Waals surface area (Å²) >= 11 is 0. The molecule has 0 aromatic heterocycles. The van der Waals surface area contributed by atoms with Gasteiger partial charge in [-0.3, -0.25) is 4.90 Å². The smallest absolute Gasteiger partial charge is 0.119 e. The maximum Gasteiger partial charge on any atom is 0.119 e. The molecular weight excluding hydrogens is 512 g/mol. The van der Waals surface area contributed by atoms with Gasteiger partial charge in [-0.05, 0) is 121 Å². The second-order valence-corrected chi connectivity index (χ2v) is 12.1. The molecule has 0 saturated carbocycles. The normalized spacial score (nSPS) is 16.7. The molecule has 2 aliphatic heterocycles. The number of ether oxygens (including phenoxy) is 1. The van der Waals surface area contributed by atoms with E-state index in [2.05, 4.69) is 120 Å². The Morgan fingerprint density at radius 3 is 1.88 bits per heavy atom. The third-order valence-electron chi connectivity index (χ3n) is 9.21. The van der Waals surface area contributed by atoms with Crippen molar-refractivity contribution in [2.24, 2.45) is 0 Å². The molecule has 3 nitrogen and oxygen atoms in total. The highest BCUT2D eigenvalue weighted by Crippen LogP contribution is 2.32. The number of piperidine rings is 2. The van der Waals surface area contributed by atoms with Crippen molar-refractivity contribution in [2.45, 2.75) is 51.0 Å². The van der Waals surface area contributed by atoms with E-state index < -0.39 is 0 Å². The van der Waals surface area contributed by atoms with Crippen molar-refractivity contribution in [3.63, 3.8) is 0 Å². The lowest BCUT2D eigenvalue weighted by molar-refractivity contribution is 0.204. The maximum atomic E-state index is 5.32. The van der Waals surface area contributed by atoms with Gasteiger partial charge in [-0.25, -0.2) is 0 Å². The van der Waals surface area contributed by atoms with Gasteiger partial charge in [0.05, 0.1) is 7.11 Å². The lowest BCUT2D eigenvalue weighted by Crippen LogP contribution is -2.32. The van der Waals surface area contributed by atoms with Gasteiger partial charge in [-0.1, -0.05) is 96.6 Å². The Bertz CT molecular complexity index is 1600. The van der Waals surface area contributed by atoms with Crippen LogP contribution in [0.1, 0.15) is 59.8 Å². The van der Waals surface area contributed by atoms with Crippen molar-refractivity contribution in [3.05, 3.63) is 125 Å². The van der Waals surface area contributed by atoms with Crippen LogP contribution in [0.15, 0.2) is 103 Å². The molecule has 7 rings (SSSR count). The first kappa shape index (κ1) is 28.5. The zero-order valence-corrected chi connectivity index (χ0v) is 25.2. The fraction of sp³-hybridized carbons (Fsp3) is 0.333. The molecular formula is C39H44N2O. The van der Waals surface area contributed by atoms with Gasteiger partial charge in [0.1, 0.15) is 5.75 Å². The molecule has 5 aromatic rings. The molecule has 5 aromatic carbocycles. The van der Waals surface area contributed by atoms with Crippen LogP contribution >= 0.6 is 0 Å². The number of fused-ring (bicyclic) bond motifs is 2. The molecule has 0 bridgehead atoms. The van der Waals surface area contributed by atoms with E-state index in [-0.39, 0.29) is 0 Å². The van der Waals surface area contributed by atoms with Crippen LogP contribution in [0.4, 0.5) is 0 Å². The summed E-state index contributed by atoms with van der Waals surface area (Å²) in [4.78, 5) is 2.58. The molecule has 1 N–H and O–H groups in total. The first-order valence-electron chi connectivity index (χ1n) is 15.7. The van der Waals surface area contributed by atoms with Crippen LogP contribution in [-0.2, 0) is 6.54 Å². The Hall–Kier alpha value is -3.66. The van der Waals surface area contributed by atoms with Gasteiger partial charge in [-0.2, -0.15) is 0 Å². The van der Waals surface area contributed by atoms with E-state index in [9.17, 15) is 0 Å². The number of likely N-dealkylation sites (tertiary alicyclic amines) is 1. The number of aryl methyl sites for hydroxylation is 1. The van der Waals surface area contributed by atoms with Crippen LogP contribution in [-0.4, -0.2) is 38.2 Å². The quantitative estimate of drug-likeness (QED) is 0.234. The maximum absolute atomic E-state index is 5.32. The van der Waals surface area contributed by atoms with Crippen molar-refractivity contribution < 1.29 is 4.74 Å². The number of benzene rings is 5. The number of hydrogen-bond acceptors (Lipinski definition) is 3. The zero-order chi connectivity index (χ0) is 28.7. The monoisotopic (exact) mass is 556 g/mol. The van der Waals surface area contributed by atoms with Crippen molar-refractivity contribution >= 4 is 21.5 Å². The van der Waals surface area contributed by atoms with Crippen molar-refractivity contribution in [1.29, 1.82) is 0 Å². The summed E-state index contributed by atoms with van der Waals surface area (Å²) in [6.07, 6.45) is 5.04. The van der Waals surface area contributed by atoms with E-state index in [4.69, 9.17) is 4.74 Å². The van der Waals surface area contributed by atoms with Crippen LogP contribution < -0.4 is 10.1 Å². The Balaban J connectivity index is 0.000000162. The molecule has 42 heavy (non-hydrogen) atoms. The Kier molecular flexibility index (Phi) is 9.18. The molecule has 0 atom stereocenters. The van der Waals surface area contributed by atoms with E-state index in [0.29, 0.717) is 5.92 Å².